The topological polar surface area (TPSA) is 13.2 Å². The van der Waals surface area contributed by atoms with Gasteiger partial charge >= 0.3 is 0 Å². The molecule has 6 rings (SSSR count). The molecule has 38 heavy (non-hydrogen) atoms. The summed E-state index contributed by atoms with van der Waals surface area (Å²) in [6.45, 7) is 11.3. The smallest absolute Gasteiger partial charge is 0.215 e. The number of fused-ring (bicyclic) bond motifs is 3. The molecular formula is C35H30N3+. The number of para-hydroxylation sites is 1. The van der Waals surface area contributed by atoms with E-state index in [1.807, 2.05) is 86.1 Å². The molecule has 4 aromatic carbocycles. The van der Waals surface area contributed by atoms with E-state index in [-0.39, 0.29) is 11.6 Å². The van der Waals surface area contributed by atoms with Gasteiger partial charge in [0.05, 0.1) is 24.5 Å². The van der Waals surface area contributed by atoms with E-state index in [2.05, 4.69) is 33.7 Å². The average Bonchev–Trinajstić information content (AvgIpc) is 3.31. The quantitative estimate of drug-likeness (QED) is 0.172. The second kappa shape index (κ2) is 9.01. The fourth-order valence-electron chi connectivity index (χ4n) is 5.56. The van der Waals surface area contributed by atoms with Crippen LogP contribution in [-0.2, 0) is 7.05 Å². The Labute approximate surface area is 229 Å². The minimum Gasteiger partial charge on any atom is -0.309 e. The summed E-state index contributed by atoms with van der Waals surface area (Å²) >= 11 is 0. The van der Waals surface area contributed by atoms with Crippen molar-refractivity contribution in [2.75, 3.05) is 0 Å². The highest BCUT2D eigenvalue weighted by Gasteiger charge is 2.26. The van der Waals surface area contributed by atoms with Crippen LogP contribution in [0.2, 0.25) is 0 Å². The molecule has 0 spiro atoms. The highest BCUT2D eigenvalue weighted by atomic mass is 15.0. The first-order valence-corrected chi connectivity index (χ1v) is 12.7. The predicted octanol–water partition coefficient (Wildman–Crippen LogP) is 8.73. The fraction of sp³-hybridized carbons (Fsp3) is 0.143. The van der Waals surface area contributed by atoms with Gasteiger partial charge < -0.3 is 4.57 Å². The third-order valence-corrected chi connectivity index (χ3v) is 7.59. The van der Waals surface area contributed by atoms with Crippen molar-refractivity contribution < 1.29 is 10.1 Å². The molecular weight excluding hydrogens is 462 g/mol. The number of pyridine rings is 1. The molecule has 3 heteroatoms. The summed E-state index contributed by atoms with van der Waals surface area (Å²) in [5, 5.41) is 2.00. The second-order valence-corrected chi connectivity index (χ2v) is 9.78. The van der Waals surface area contributed by atoms with Crippen molar-refractivity contribution in [2.24, 2.45) is 7.05 Å². The summed E-state index contributed by atoms with van der Waals surface area (Å²) < 4.78 is 37.9. The lowest BCUT2D eigenvalue weighted by molar-refractivity contribution is -0.667. The molecule has 2 aromatic heterocycles. The maximum atomic E-state index is 9.29. The number of nitrogens with zero attached hydrogens (tertiary/aromatic N) is 3. The summed E-state index contributed by atoms with van der Waals surface area (Å²) in [7, 11) is 1.84. The van der Waals surface area contributed by atoms with Gasteiger partial charge in [-0.1, -0.05) is 72.8 Å². The molecule has 0 aliphatic rings. The van der Waals surface area contributed by atoms with E-state index in [9.17, 15) is 1.37 Å². The lowest BCUT2D eigenvalue weighted by Crippen LogP contribution is -2.36. The number of aromatic nitrogens is 2. The molecule has 0 fully saturated rings. The van der Waals surface area contributed by atoms with Crippen LogP contribution in [0.4, 0.5) is 5.69 Å². The van der Waals surface area contributed by atoms with Crippen LogP contribution in [-0.4, -0.2) is 4.57 Å². The Balaban J connectivity index is 1.89. The van der Waals surface area contributed by atoms with Gasteiger partial charge in [0, 0.05) is 44.7 Å². The monoisotopic (exact) mass is 496 g/mol. The molecule has 0 N–H and O–H groups in total. The van der Waals surface area contributed by atoms with Crippen LogP contribution >= 0.6 is 0 Å². The molecule has 0 atom stereocenters. The van der Waals surface area contributed by atoms with Gasteiger partial charge in [0.2, 0.25) is 5.69 Å². The number of hydrogen-bond acceptors (Lipinski definition) is 0. The zero-order valence-electron chi connectivity index (χ0n) is 25.9. The lowest BCUT2D eigenvalue weighted by atomic mass is 9.96. The molecule has 0 aliphatic heterocycles. The highest BCUT2D eigenvalue weighted by Crippen LogP contribution is 2.45. The van der Waals surface area contributed by atoms with Gasteiger partial charge in [0.15, 0.2) is 11.4 Å². The summed E-state index contributed by atoms with van der Waals surface area (Å²) in [4.78, 5) is 3.93. The number of benzene rings is 4. The number of rotatable bonds is 3. The predicted molar refractivity (Wildman–Crippen MR) is 158 cm³/mol. The first-order valence-electron chi connectivity index (χ1n) is 14.7. The van der Waals surface area contributed by atoms with Crippen LogP contribution in [0, 0.1) is 34.2 Å². The molecule has 0 bridgehead atoms. The van der Waals surface area contributed by atoms with Gasteiger partial charge in [-0.15, -0.1) is 0 Å². The van der Waals surface area contributed by atoms with Gasteiger partial charge in [-0.2, -0.15) is 4.57 Å². The van der Waals surface area contributed by atoms with Crippen molar-refractivity contribution >= 4 is 27.5 Å². The van der Waals surface area contributed by atoms with E-state index in [0.29, 0.717) is 22.6 Å². The average molecular weight is 497 g/mol. The van der Waals surface area contributed by atoms with E-state index < -0.39 is 6.85 Å². The van der Waals surface area contributed by atoms with Crippen molar-refractivity contribution in [1.82, 2.24) is 4.57 Å². The Bertz CT molecular complexity index is 2040. The largest absolute Gasteiger partial charge is 0.309 e. The number of aryl methyl sites for hydroxylation is 1. The third-order valence-electron chi connectivity index (χ3n) is 7.59. The van der Waals surface area contributed by atoms with E-state index in [0.717, 1.165) is 49.7 Å². The Morgan fingerprint density at radius 1 is 0.789 bits per heavy atom. The van der Waals surface area contributed by atoms with Crippen molar-refractivity contribution in [1.29, 1.82) is 0 Å². The first-order chi connectivity index (χ1) is 20.1. The minimum atomic E-state index is -2.33. The van der Waals surface area contributed by atoms with Gasteiger partial charge in [0.25, 0.3) is 0 Å². The maximum Gasteiger partial charge on any atom is 0.215 e. The summed E-state index contributed by atoms with van der Waals surface area (Å²) in [5.74, 6) is 0. The van der Waals surface area contributed by atoms with Crippen LogP contribution in [0.1, 0.15) is 27.9 Å². The molecule has 3 nitrogen and oxygen atoms in total. The molecule has 6 aromatic rings. The SMILES string of the molecule is [2H]c1c(C)c(C([2H])([2H])[2H])c(C)[n+](C)c1-c1c(C)ccc2c3ccc([N+]#[C-])c(-c4ccccc4)c3n(-c3ccccc3)c12. The van der Waals surface area contributed by atoms with E-state index in [4.69, 9.17) is 10.7 Å². The maximum absolute atomic E-state index is 9.29. The summed E-state index contributed by atoms with van der Waals surface area (Å²) in [6, 6.07) is 28.4. The molecule has 0 unspecified atom stereocenters. The Hall–Kier alpha value is -4.68. The van der Waals surface area contributed by atoms with Crippen LogP contribution in [0.25, 0.3) is 54.7 Å². The summed E-state index contributed by atoms with van der Waals surface area (Å²) in [6.07, 6.45) is 0. The van der Waals surface area contributed by atoms with Crippen molar-refractivity contribution in [2.45, 2.75) is 27.6 Å². The zero-order valence-corrected chi connectivity index (χ0v) is 21.9. The van der Waals surface area contributed by atoms with Crippen molar-refractivity contribution in [3.05, 3.63) is 125 Å². The highest BCUT2D eigenvalue weighted by molar-refractivity contribution is 6.19. The Kier molecular flexibility index (Phi) is 4.61. The van der Waals surface area contributed by atoms with Crippen LogP contribution < -0.4 is 4.57 Å². The van der Waals surface area contributed by atoms with E-state index in [1.165, 1.54) is 0 Å². The molecule has 0 aliphatic carbocycles. The zero-order chi connectivity index (χ0) is 29.9. The van der Waals surface area contributed by atoms with E-state index >= 15 is 0 Å². The summed E-state index contributed by atoms with van der Waals surface area (Å²) in [5.41, 5.74) is 8.93. The normalized spacial score (nSPS) is 13.1. The molecule has 0 saturated heterocycles. The van der Waals surface area contributed by atoms with E-state index in [1.54, 1.807) is 6.92 Å². The number of hydrogen-bond donors (Lipinski definition) is 0. The van der Waals surface area contributed by atoms with Crippen LogP contribution in [0.15, 0.2) is 91.0 Å². The fourth-order valence-corrected chi connectivity index (χ4v) is 5.56. The minimum absolute atomic E-state index is 0.194. The standard InChI is InChI=1S/C35H30N3/c1-22-17-18-28-29-19-20-30(36-5)33(26-13-9-7-10-14-26)35(29)38(27-15-11-8-12-16-27)34(28)32(22)31-21-23(2)24(3)25(4)37(31)6/h7-21H,1-4,6H3/q+1/i3D3,21D. The van der Waals surface area contributed by atoms with Gasteiger partial charge in [0.1, 0.15) is 7.05 Å². The molecule has 184 valence electrons. The Morgan fingerprint density at radius 3 is 2.08 bits per heavy atom. The van der Waals surface area contributed by atoms with Gasteiger partial charge in [-0.3, -0.25) is 0 Å². The molecule has 0 radical (unpaired) electrons. The van der Waals surface area contributed by atoms with Crippen molar-refractivity contribution in [3.63, 3.8) is 0 Å². The Morgan fingerprint density at radius 2 is 1.42 bits per heavy atom. The molecule has 0 amide bonds. The van der Waals surface area contributed by atoms with Crippen molar-refractivity contribution in [3.8, 4) is 28.1 Å². The third kappa shape index (κ3) is 3.45. The van der Waals surface area contributed by atoms with Gasteiger partial charge in [-0.05, 0) is 49.5 Å². The molecule has 0 saturated carbocycles. The van der Waals surface area contributed by atoms with Gasteiger partial charge in [-0.25, -0.2) is 4.85 Å². The van der Waals surface area contributed by atoms with Crippen LogP contribution in [0.5, 0.6) is 0 Å². The van der Waals surface area contributed by atoms with Crippen LogP contribution in [0.3, 0.4) is 0 Å². The second-order valence-electron chi connectivity index (χ2n) is 9.78. The molecule has 2 heterocycles. The first kappa shape index (κ1) is 19.4. The lowest BCUT2D eigenvalue weighted by Gasteiger charge is -2.16.